The van der Waals surface area contributed by atoms with Gasteiger partial charge in [0, 0.05) is 58.9 Å². The number of hydrogen-bond acceptors (Lipinski definition) is 13. The number of carboxylic acids is 1. The topological polar surface area (TPSA) is 167 Å². The molecule has 0 aromatic heterocycles. The Bertz CT molecular complexity index is 1210. The van der Waals surface area contributed by atoms with Crippen LogP contribution in [0.3, 0.4) is 0 Å². The van der Waals surface area contributed by atoms with Crippen molar-refractivity contribution in [3.8, 4) is 0 Å². The molecule has 0 bridgehead atoms. The van der Waals surface area contributed by atoms with Gasteiger partial charge in [-0.25, -0.2) is 0 Å². The molecule has 0 aliphatic carbocycles. The van der Waals surface area contributed by atoms with E-state index in [-0.39, 0.29) is 77.9 Å². The molecule has 2 heterocycles. The number of amides is 2. The van der Waals surface area contributed by atoms with E-state index >= 15 is 0 Å². The number of aliphatic carboxylic acids is 1. The van der Waals surface area contributed by atoms with Crippen LogP contribution in [0.25, 0.3) is 0 Å². The van der Waals surface area contributed by atoms with Crippen molar-refractivity contribution in [2.75, 3.05) is 98.4 Å². The largest absolute Gasteiger partial charge is 0.480 e. The van der Waals surface area contributed by atoms with Crippen LogP contribution < -0.4 is 0 Å². The second kappa shape index (κ2) is 19.8. The predicted octanol–water partition coefficient (Wildman–Crippen LogP) is 0.427. The maximum atomic E-state index is 12.9. The molecule has 1 aromatic rings. The van der Waals surface area contributed by atoms with Gasteiger partial charge in [-0.05, 0) is 45.7 Å². The second-order valence-corrected chi connectivity index (χ2v) is 11.6. The molecule has 15 nitrogen and oxygen atoms in total. The molecule has 1 N–H and O–H groups in total. The van der Waals surface area contributed by atoms with Crippen molar-refractivity contribution in [3.63, 3.8) is 0 Å². The average molecular weight is 676 g/mol. The molecule has 2 aliphatic rings. The minimum Gasteiger partial charge on any atom is -0.480 e. The third kappa shape index (κ3) is 11.6. The number of esters is 3. The number of rotatable bonds is 15. The van der Waals surface area contributed by atoms with Crippen molar-refractivity contribution in [1.82, 2.24) is 24.5 Å². The molecule has 1 aromatic carbocycles. The highest BCUT2D eigenvalue weighted by Gasteiger charge is 2.35. The van der Waals surface area contributed by atoms with E-state index in [9.17, 15) is 33.9 Å². The lowest BCUT2D eigenvalue weighted by atomic mass is 10.1. The number of carboxylic acid groups (broad SMARTS) is 1. The summed E-state index contributed by atoms with van der Waals surface area (Å²) in [7, 11) is 0. The second-order valence-electron chi connectivity index (χ2n) is 11.6. The van der Waals surface area contributed by atoms with Gasteiger partial charge in [-0.3, -0.25) is 53.3 Å². The Labute approximate surface area is 281 Å². The molecular weight excluding hydrogens is 626 g/mol. The van der Waals surface area contributed by atoms with Crippen molar-refractivity contribution in [2.24, 2.45) is 0 Å². The van der Waals surface area contributed by atoms with Gasteiger partial charge in [0.15, 0.2) is 0 Å². The Morgan fingerprint density at radius 2 is 1.04 bits per heavy atom. The lowest BCUT2D eigenvalue weighted by Gasteiger charge is -2.35. The van der Waals surface area contributed by atoms with Gasteiger partial charge < -0.3 is 19.3 Å². The van der Waals surface area contributed by atoms with Gasteiger partial charge in [0.05, 0.1) is 50.6 Å². The van der Waals surface area contributed by atoms with Crippen LogP contribution in [0.4, 0.5) is 0 Å². The molecule has 2 aliphatic heterocycles. The minimum absolute atomic E-state index is 0.0125. The van der Waals surface area contributed by atoms with E-state index in [4.69, 9.17) is 14.2 Å². The lowest BCUT2D eigenvalue weighted by molar-refractivity contribution is -0.147. The molecule has 0 radical (unpaired) electrons. The number of imide groups is 1. The predicted molar refractivity (Wildman–Crippen MR) is 173 cm³/mol. The van der Waals surface area contributed by atoms with Crippen LogP contribution in [-0.4, -0.2) is 170 Å². The fourth-order valence-electron chi connectivity index (χ4n) is 5.85. The van der Waals surface area contributed by atoms with Gasteiger partial charge in [0.1, 0.15) is 6.04 Å². The van der Waals surface area contributed by atoms with Crippen LogP contribution in [-0.2, 0) is 33.4 Å². The van der Waals surface area contributed by atoms with Crippen LogP contribution in [0.2, 0.25) is 0 Å². The van der Waals surface area contributed by atoms with Crippen molar-refractivity contribution < 1.29 is 48.1 Å². The van der Waals surface area contributed by atoms with Gasteiger partial charge in [-0.1, -0.05) is 12.1 Å². The van der Waals surface area contributed by atoms with E-state index in [1.165, 1.54) is 0 Å². The van der Waals surface area contributed by atoms with Gasteiger partial charge >= 0.3 is 23.9 Å². The van der Waals surface area contributed by atoms with Crippen LogP contribution in [0.5, 0.6) is 0 Å². The summed E-state index contributed by atoms with van der Waals surface area (Å²) in [6.07, 6.45) is 0.423. The van der Waals surface area contributed by atoms with Crippen LogP contribution in [0.1, 0.15) is 54.3 Å². The normalized spacial score (nSPS) is 18.0. The highest BCUT2D eigenvalue weighted by atomic mass is 16.5. The first-order valence-electron chi connectivity index (χ1n) is 16.6. The number of hydrogen-bond donors (Lipinski definition) is 1. The summed E-state index contributed by atoms with van der Waals surface area (Å²) in [6.45, 7) is 8.74. The zero-order chi connectivity index (χ0) is 35.1. The standard InChI is InChI=1S/C33H49N5O10/c1-4-46-28(39)22-34-14-16-35(23-29(40)47-5-2)18-20-37(21-19-36(17-15-34)24-30(41)48-6-3)27(33(44)45)12-9-13-38-31(42)25-10-7-8-11-26(25)32(38)43/h7-8,10-11,27H,4-6,9,12-24H2,1-3H3,(H,44,45). The molecular formula is C33H49N5O10. The first kappa shape index (κ1) is 38.5. The quantitative estimate of drug-likeness (QED) is 0.154. The number of fused-ring (bicyclic) bond motifs is 1. The summed E-state index contributed by atoms with van der Waals surface area (Å²) in [6, 6.07) is 5.63. The van der Waals surface area contributed by atoms with E-state index in [1.807, 2.05) is 14.7 Å². The summed E-state index contributed by atoms with van der Waals surface area (Å²) < 4.78 is 15.5. The van der Waals surface area contributed by atoms with Crippen LogP contribution in [0, 0.1) is 0 Å². The Balaban J connectivity index is 1.79. The SMILES string of the molecule is CCOC(=O)CN1CCN(CC(=O)OCC)CCN(C(CCCN2C(=O)c3ccccc3C2=O)C(=O)O)CCN(CC(=O)OCC)CC1. The van der Waals surface area contributed by atoms with Gasteiger partial charge in [0.2, 0.25) is 0 Å². The molecule has 1 fully saturated rings. The van der Waals surface area contributed by atoms with Gasteiger partial charge in [0.25, 0.3) is 11.8 Å². The van der Waals surface area contributed by atoms with Gasteiger partial charge in [-0.15, -0.1) is 0 Å². The van der Waals surface area contributed by atoms with Crippen molar-refractivity contribution in [1.29, 1.82) is 0 Å². The fourth-order valence-corrected chi connectivity index (χ4v) is 5.85. The van der Waals surface area contributed by atoms with Crippen molar-refractivity contribution in [2.45, 2.75) is 39.7 Å². The number of carbonyl (C=O) groups excluding carboxylic acids is 5. The van der Waals surface area contributed by atoms with E-state index < -0.39 is 35.8 Å². The fraction of sp³-hybridized carbons (Fsp3) is 0.636. The average Bonchev–Trinajstić information content (AvgIpc) is 3.28. The summed E-state index contributed by atoms with van der Waals surface area (Å²) in [4.78, 5) is 84.4. The van der Waals surface area contributed by atoms with E-state index in [1.54, 1.807) is 49.9 Å². The van der Waals surface area contributed by atoms with E-state index in [2.05, 4.69) is 0 Å². The molecule has 0 saturated carbocycles. The minimum atomic E-state index is -1.06. The van der Waals surface area contributed by atoms with Crippen molar-refractivity contribution in [3.05, 3.63) is 35.4 Å². The number of ether oxygens (including phenoxy) is 3. The van der Waals surface area contributed by atoms with Crippen LogP contribution >= 0.6 is 0 Å². The maximum absolute atomic E-state index is 12.9. The highest BCUT2D eigenvalue weighted by molar-refractivity contribution is 6.21. The molecule has 0 spiro atoms. The first-order valence-corrected chi connectivity index (χ1v) is 16.6. The molecule has 266 valence electrons. The zero-order valence-corrected chi connectivity index (χ0v) is 28.3. The number of nitrogens with zero attached hydrogens (tertiary/aromatic N) is 5. The molecule has 1 saturated heterocycles. The monoisotopic (exact) mass is 675 g/mol. The summed E-state index contributed by atoms with van der Waals surface area (Å²) >= 11 is 0. The van der Waals surface area contributed by atoms with E-state index in [0.29, 0.717) is 50.4 Å². The molecule has 1 atom stereocenters. The summed E-state index contributed by atoms with van der Waals surface area (Å²) in [5.41, 5.74) is 0.675. The summed E-state index contributed by atoms with van der Waals surface area (Å²) in [5.74, 6) is -3.05. The first-order chi connectivity index (χ1) is 23.1. The molecule has 3 rings (SSSR count). The molecule has 2 amide bonds. The van der Waals surface area contributed by atoms with Crippen molar-refractivity contribution >= 4 is 35.7 Å². The Kier molecular flexibility index (Phi) is 15.9. The Hall–Kier alpha value is -3.92. The highest BCUT2D eigenvalue weighted by Crippen LogP contribution is 2.23. The third-order valence-electron chi connectivity index (χ3n) is 8.31. The molecule has 15 heteroatoms. The molecule has 1 unspecified atom stereocenters. The lowest BCUT2D eigenvalue weighted by Crippen LogP contribution is -2.52. The van der Waals surface area contributed by atoms with Gasteiger partial charge in [-0.2, -0.15) is 0 Å². The number of carbonyl (C=O) groups is 6. The molecule has 48 heavy (non-hydrogen) atoms. The Morgan fingerprint density at radius 1 is 0.667 bits per heavy atom. The maximum Gasteiger partial charge on any atom is 0.320 e. The smallest absolute Gasteiger partial charge is 0.320 e. The Morgan fingerprint density at radius 3 is 1.40 bits per heavy atom. The zero-order valence-electron chi connectivity index (χ0n) is 28.3. The van der Waals surface area contributed by atoms with Crippen LogP contribution in [0.15, 0.2) is 24.3 Å². The third-order valence-corrected chi connectivity index (χ3v) is 8.31. The van der Waals surface area contributed by atoms with E-state index in [0.717, 1.165) is 4.90 Å². The summed E-state index contributed by atoms with van der Waals surface area (Å²) in [5, 5.41) is 10.4. The number of benzene rings is 1.